The molecule has 0 N–H and O–H groups in total. The number of ether oxygens (including phenoxy) is 1. The molecule has 1 aliphatic rings. The number of hydrogen-bond donors (Lipinski definition) is 0. The average molecular weight is 214 g/mol. The summed E-state index contributed by atoms with van der Waals surface area (Å²) in [6.07, 6.45) is 8.72. The van der Waals surface area contributed by atoms with Crippen molar-refractivity contribution in [1.29, 1.82) is 0 Å². The molecule has 0 aliphatic heterocycles. The van der Waals surface area contributed by atoms with Crippen molar-refractivity contribution in [3.05, 3.63) is 60.7 Å². The van der Waals surface area contributed by atoms with Crippen molar-refractivity contribution in [3.63, 3.8) is 0 Å². The molecule has 1 nitrogen and oxygen atoms in total. The SMILES string of the molecule is C=CCOC/C=C/C1(c2ccccc2)CC1. The summed E-state index contributed by atoms with van der Waals surface area (Å²) in [5.41, 5.74) is 1.73. The average Bonchev–Trinajstić information content (AvgIpc) is 3.11. The summed E-state index contributed by atoms with van der Waals surface area (Å²) in [4.78, 5) is 0. The smallest absolute Gasteiger partial charge is 0.0652 e. The highest BCUT2D eigenvalue weighted by Crippen LogP contribution is 2.49. The van der Waals surface area contributed by atoms with E-state index in [4.69, 9.17) is 4.74 Å². The third-order valence-electron chi connectivity index (χ3n) is 3.02. The van der Waals surface area contributed by atoms with Crippen LogP contribution in [-0.4, -0.2) is 13.2 Å². The second-order valence-electron chi connectivity index (χ2n) is 4.25. The van der Waals surface area contributed by atoms with Crippen LogP contribution < -0.4 is 0 Å². The minimum Gasteiger partial charge on any atom is -0.373 e. The van der Waals surface area contributed by atoms with E-state index in [1.54, 1.807) is 6.08 Å². The topological polar surface area (TPSA) is 9.23 Å². The molecule has 0 amide bonds. The van der Waals surface area contributed by atoms with Gasteiger partial charge >= 0.3 is 0 Å². The Morgan fingerprint density at radius 1 is 1.19 bits per heavy atom. The van der Waals surface area contributed by atoms with Gasteiger partial charge < -0.3 is 4.74 Å². The van der Waals surface area contributed by atoms with Gasteiger partial charge in [0.2, 0.25) is 0 Å². The molecule has 1 fully saturated rings. The quantitative estimate of drug-likeness (QED) is 0.520. The van der Waals surface area contributed by atoms with Gasteiger partial charge in [-0.2, -0.15) is 0 Å². The Morgan fingerprint density at radius 3 is 2.56 bits per heavy atom. The fraction of sp³-hybridized carbons (Fsp3) is 0.333. The van der Waals surface area contributed by atoms with Crippen molar-refractivity contribution in [2.75, 3.05) is 13.2 Å². The lowest BCUT2D eigenvalue weighted by molar-refractivity contribution is 0.194. The zero-order valence-electron chi connectivity index (χ0n) is 9.56. The summed E-state index contributed by atoms with van der Waals surface area (Å²) in [5, 5.41) is 0. The maximum atomic E-state index is 5.34. The van der Waals surface area contributed by atoms with Crippen LogP contribution in [0.3, 0.4) is 0 Å². The van der Waals surface area contributed by atoms with Gasteiger partial charge in [0.15, 0.2) is 0 Å². The Morgan fingerprint density at radius 2 is 1.94 bits per heavy atom. The summed E-state index contributed by atoms with van der Waals surface area (Å²) in [6.45, 7) is 4.93. The van der Waals surface area contributed by atoms with E-state index in [0.717, 1.165) is 0 Å². The van der Waals surface area contributed by atoms with E-state index in [1.165, 1.54) is 18.4 Å². The molecule has 0 atom stereocenters. The molecule has 0 bridgehead atoms. The Balaban J connectivity index is 1.91. The molecule has 0 spiro atoms. The van der Waals surface area contributed by atoms with Gasteiger partial charge in [-0.05, 0) is 18.4 Å². The molecule has 1 aliphatic carbocycles. The molecule has 2 rings (SSSR count). The minimum absolute atomic E-state index is 0.304. The van der Waals surface area contributed by atoms with Gasteiger partial charge in [0, 0.05) is 5.41 Å². The van der Waals surface area contributed by atoms with Crippen LogP contribution >= 0.6 is 0 Å². The van der Waals surface area contributed by atoms with Crippen LogP contribution in [0.15, 0.2) is 55.1 Å². The van der Waals surface area contributed by atoms with Crippen LogP contribution in [0.1, 0.15) is 18.4 Å². The van der Waals surface area contributed by atoms with E-state index >= 15 is 0 Å². The van der Waals surface area contributed by atoms with E-state index in [9.17, 15) is 0 Å². The van der Waals surface area contributed by atoms with E-state index in [0.29, 0.717) is 18.6 Å². The van der Waals surface area contributed by atoms with Crippen LogP contribution in [0.25, 0.3) is 0 Å². The molecule has 84 valence electrons. The van der Waals surface area contributed by atoms with Crippen molar-refractivity contribution in [3.8, 4) is 0 Å². The highest BCUT2D eigenvalue weighted by atomic mass is 16.5. The van der Waals surface area contributed by atoms with Gasteiger partial charge in [-0.25, -0.2) is 0 Å². The van der Waals surface area contributed by atoms with Crippen molar-refractivity contribution in [2.45, 2.75) is 18.3 Å². The Hall–Kier alpha value is -1.34. The lowest BCUT2D eigenvalue weighted by Gasteiger charge is -2.09. The predicted octanol–water partition coefficient (Wildman–Crippen LogP) is 3.48. The molecule has 16 heavy (non-hydrogen) atoms. The van der Waals surface area contributed by atoms with Gasteiger partial charge in [-0.15, -0.1) is 6.58 Å². The summed E-state index contributed by atoms with van der Waals surface area (Å²) in [6, 6.07) is 10.7. The lowest BCUT2D eigenvalue weighted by atomic mass is 9.96. The molecule has 0 heterocycles. The first-order valence-electron chi connectivity index (χ1n) is 5.79. The zero-order valence-corrected chi connectivity index (χ0v) is 9.56. The largest absolute Gasteiger partial charge is 0.373 e. The van der Waals surface area contributed by atoms with Gasteiger partial charge in [-0.3, -0.25) is 0 Å². The lowest BCUT2D eigenvalue weighted by Crippen LogP contribution is -2.02. The molecule has 1 heteroatoms. The second kappa shape index (κ2) is 5.13. The highest BCUT2D eigenvalue weighted by Gasteiger charge is 2.41. The van der Waals surface area contributed by atoms with Crippen LogP contribution in [0, 0.1) is 0 Å². The molecule has 0 unspecified atom stereocenters. The normalized spacial score (nSPS) is 17.5. The van der Waals surface area contributed by atoms with Gasteiger partial charge in [0.05, 0.1) is 13.2 Å². The molecule has 1 aromatic carbocycles. The maximum absolute atomic E-state index is 5.34. The summed E-state index contributed by atoms with van der Waals surface area (Å²) in [5.74, 6) is 0. The minimum atomic E-state index is 0.304. The fourth-order valence-corrected chi connectivity index (χ4v) is 1.95. The van der Waals surface area contributed by atoms with Crippen molar-refractivity contribution >= 4 is 0 Å². The Bertz CT molecular complexity index is 360. The van der Waals surface area contributed by atoms with Crippen molar-refractivity contribution < 1.29 is 4.74 Å². The molecule has 0 radical (unpaired) electrons. The number of rotatable bonds is 6. The molecule has 1 aromatic rings. The van der Waals surface area contributed by atoms with Crippen LogP contribution in [0.2, 0.25) is 0 Å². The third kappa shape index (κ3) is 2.61. The van der Waals surface area contributed by atoms with Gasteiger partial charge in [-0.1, -0.05) is 48.6 Å². The highest BCUT2D eigenvalue weighted by molar-refractivity contribution is 5.36. The Kier molecular flexibility index (Phi) is 3.58. The first kappa shape index (κ1) is 11.2. The first-order valence-corrected chi connectivity index (χ1v) is 5.79. The zero-order chi connectivity index (χ0) is 11.3. The summed E-state index contributed by atoms with van der Waals surface area (Å²) >= 11 is 0. The third-order valence-corrected chi connectivity index (χ3v) is 3.02. The maximum Gasteiger partial charge on any atom is 0.0652 e. The number of allylic oxidation sites excluding steroid dienone is 1. The Labute approximate surface area is 97.4 Å². The van der Waals surface area contributed by atoms with E-state index < -0.39 is 0 Å². The fourth-order valence-electron chi connectivity index (χ4n) is 1.95. The van der Waals surface area contributed by atoms with Gasteiger partial charge in [0.25, 0.3) is 0 Å². The van der Waals surface area contributed by atoms with E-state index in [-0.39, 0.29) is 0 Å². The predicted molar refractivity (Wildman–Crippen MR) is 67.5 cm³/mol. The second-order valence-corrected chi connectivity index (χ2v) is 4.25. The standard InChI is InChI=1S/C15H18O/c1-2-12-16-13-6-9-15(10-11-15)14-7-4-3-5-8-14/h2-9H,1,10-13H2/b9-6+. The van der Waals surface area contributed by atoms with Crippen molar-refractivity contribution in [2.24, 2.45) is 0 Å². The van der Waals surface area contributed by atoms with Crippen LogP contribution in [0.4, 0.5) is 0 Å². The van der Waals surface area contributed by atoms with Crippen LogP contribution in [0.5, 0.6) is 0 Å². The van der Waals surface area contributed by atoms with E-state index in [2.05, 4.69) is 49.1 Å². The molecular weight excluding hydrogens is 196 g/mol. The van der Waals surface area contributed by atoms with Crippen molar-refractivity contribution in [1.82, 2.24) is 0 Å². The van der Waals surface area contributed by atoms with Gasteiger partial charge in [0.1, 0.15) is 0 Å². The number of benzene rings is 1. The molecular formula is C15H18O. The van der Waals surface area contributed by atoms with Crippen LogP contribution in [-0.2, 0) is 10.2 Å². The molecule has 0 saturated heterocycles. The molecule has 0 aromatic heterocycles. The summed E-state index contributed by atoms with van der Waals surface area (Å²) in [7, 11) is 0. The first-order chi connectivity index (χ1) is 7.87. The summed E-state index contributed by atoms with van der Waals surface area (Å²) < 4.78 is 5.34. The van der Waals surface area contributed by atoms with E-state index in [1.807, 2.05) is 0 Å². The molecule has 1 saturated carbocycles. The monoisotopic (exact) mass is 214 g/mol. The number of hydrogen-bond acceptors (Lipinski definition) is 1.